The predicted molar refractivity (Wildman–Crippen MR) is 59.5 cm³/mol. The molecule has 0 atom stereocenters. The van der Waals surface area contributed by atoms with Crippen LogP contribution in [0, 0.1) is 0 Å². The maximum atomic E-state index is 5.32. The maximum absolute atomic E-state index is 5.32. The Hall–Kier alpha value is -1.62. The van der Waals surface area contributed by atoms with E-state index in [1.165, 1.54) is 0 Å². The third kappa shape index (κ3) is 3.55. The van der Waals surface area contributed by atoms with Crippen molar-refractivity contribution in [3.8, 4) is 5.88 Å². The molecule has 0 aliphatic carbocycles. The van der Waals surface area contributed by atoms with Crippen LogP contribution in [0.2, 0.25) is 0 Å². The van der Waals surface area contributed by atoms with Crippen LogP contribution in [0.1, 0.15) is 19.2 Å². The first-order valence-electron chi connectivity index (χ1n) is 4.88. The van der Waals surface area contributed by atoms with Crippen molar-refractivity contribution in [3.63, 3.8) is 0 Å². The molecular weight excluding hydrogens is 192 g/mol. The van der Waals surface area contributed by atoms with Gasteiger partial charge in [0.15, 0.2) is 0 Å². The van der Waals surface area contributed by atoms with Crippen LogP contribution in [0.4, 0.5) is 5.82 Å². The highest BCUT2D eigenvalue weighted by atomic mass is 16.5. The van der Waals surface area contributed by atoms with Gasteiger partial charge in [0.1, 0.15) is 18.2 Å². The fraction of sp³-hybridized carbons (Fsp3) is 0.400. The van der Waals surface area contributed by atoms with Gasteiger partial charge in [-0.15, -0.1) is 0 Å². The third-order valence-electron chi connectivity index (χ3n) is 1.72. The largest absolute Gasteiger partial charge is 0.473 e. The maximum Gasteiger partial charge on any atom is 0.219 e. The number of aryl methyl sites for hydroxylation is 1. The molecule has 0 saturated carbocycles. The van der Waals surface area contributed by atoms with E-state index in [1.54, 1.807) is 12.1 Å². The van der Waals surface area contributed by atoms with Gasteiger partial charge >= 0.3 is 0 Å². The lowest BCUT2D eigenvalue weighted by Gasteiger charge is -2.07. The van der Waals surface area contributed by atoms with Crippen LogP contribution in [0.5, 0.6) is 5.88 Å². The lowest BCUT2D eigenvalue weighted by atomic mass is 10.3. The number of aromatic nitrogens is 2. The zero-order chi connectivity index (χ0) is 11.1. The van der Waals surface area contributed by atoms with Crippen LogP contribution in [0.3, 0.4) is 0 Å². The van der Waals surface area contributed by atoms with E-state index in [-0.39, 0.29) is 0 Å². The molecule has 1 aromatic heterocycles. The number of nitrogens with zero attached hydrogens (tertiary/aromatic N) is 2. The normalized spacial score (nSPS) is 9.73. The van der Waals surface area contributed by atoms with Gasteiger partial charge in [-0.1, -0.05) is 19.6 Å². The molecule has 5 nitrogen and oxygen atoms in total. The van der Waals surface area contributed by atoms with Crippen LogP contribution in [-0.2, 0) is 6.42 Å². The number of anilines is 1. The Morgan fingerprint density at radius 3 is 3.00 bits per heavy atom. The van der Waals surface area contributed by atoms with Gasteiger partial charge in [0, 0.05) is 12.5 Å². The van der Waals surface area contributed by atoms with Crippen LogP contribution in [0.25, 0.3) is 0 Å². The van der Waals surface area contributed by atoms with Gasteiger partial charge in [-0.3, -0.25) is 0 Å². The highest BCUT2D eigenvalue weighted by Gasteiger charge is 2.03. The van der Waals surface area contributed by atoms with Crippen molar-refractivity contribution in [1.29, 1.82) is 0 Å². The minimum atomic E-state index is 0.423. The molecule has 0 aromatic carbocycles. The average Bonchev–Trinajstić information content (AvgIpc) is 2.26. The number of nitrogens with two attached hydrogens (primary N) is 1. The van der Waals surface area contributed by atoms with Gasteiger partial charge in [-0.2, -0.15) is 4.98 Å². The summed E-state index contributed by atoms with van der Waals surface area (Å²) in [6, 6.07) is 1.66. The molecule has 82 valence electrons. The topological polar surface area (TPSA) is 73.1 Å². The number of nitrogens with one attached hydrogen (secondary N) is 1. The first-order chi connectivity index (χ1) is 7.30. The molecule has 0 aliphatic heterocycles. The van der Waals surface area contributed by atoms with Gasteiger partial charge in [0.2, 0.25) is 5.88 Å². The Labute approximate surface area is 89.3 Å². The predicted octanol–water partition coefficient (Wildman–Crippen LogP) is 1.28. The van der Waals surface area contributed by atoms with Crippen molar-refractivity contribution in [2.45, 2.75) is 19.8 Å². The van der Waals surface area contributed by atoms with Crippen LogP contribution in [-0.4, -0.2) is 16.6 Å². The van der Waals surface area contributed by atoms with Gasteiger partial charge in [-0.25, -0.2) is 10.8 Å². The number of ether oxygens (including phenoxy) is 1. The fourth-order valence-electron chi connectivity index (χ4n) is 1.10. The monoisotopic (exact) mass is 208 g/mol. The molecule has 15 heavy (non-hydrogen) atoms. The summed E-state index contributed by atoms with van der Waals surface area (Å²) in [5.74, 6) is 7.10. The van der Waals surface area contributed by atoms with Crippen molar-refractivity contribution < 1.29 is 4.74 Å². The van der Waals surface area contributed by atoms with Crippen molar-refractivity contribution in [1.82, 2.24) is 9.97 Å². The van der Waals surface area contributed by atoms with Crippen molar-refractivity contribution in [3.05, 3.63) is 24.5 Å². The van der Waals surface area contributed by atoms with Crippen LogP contribution >= 0.6 is 0 Å². The molecule has 5 heteroatoms. The summed E-state index contributed by atoms with van der Waals surface area (Å²) in [5, 5.41) is 0. The van der Waals surface area contributed by atoms with Gasteiger partial charge in [0.05, 0.1) is 0 Å². The quantitative estimate of drug-likeness (QED) is 0.418. The number of hydrazine groups is 1. The summed E-state index contributed by atoms with van der Waals surface area (Å²) < 4.78 is 5.32. The Kier molecular flexibility index (Phi) is 4.56. The lowest BCUT2D eigenvalue weighted by molar-refractivity contribution is 0.346. The molecule has 1 heterocycles. The fourth-order valence-corrected chi connectivity index (χ4v) is 1.10. The molecule has 0 bridgehead atoms. The van der Waals surface area contributed by atoms with E-state index in [0.29, 0.717) is 18.3 Å². The molecular formula is C10H16N4O. The standard InChI is InChI=1S/C10H16N4O/c1-3-5-8-12-9(14-11)7-10(13-8)15-6-4-2/h4,7H,2-3,5-6,11H2,1H3,(H,12,13,14). The first-order valence-corrected chi connectivity index (χ1v) is 4.88. The van der Waals surface area contributed by atoms with E-state index in [0.717, 1.165) is 18.7 Å². The summed E-state index contributed by atoms with van der Waals surface area (Å²) in [5.41, 5.74) is 2.49. The van der Waals surface area contributed by atoms with Gasteiger partial charge in [-0.05, 0) is 6.42 Å². The molecule has 1 aromatic rings. The average molecular weight is 208 g/mol. The van der Waals surface area contributed by atoms with E-state index < -0.39 is 0 Å². The minimum Gasteiger partial charge on any atom is -0.473 e. The number of hydrogen-bond acceptors (Lipinski definition) is 5. The second-order valence-corrected chi connectivity index (χ2v) is 3.00. The second-order valence-electron chi connectivity index (χ2n) is 3.00. The van der Waals surface area contributed by atoms with Gasteiger partial charge in [0.25, 0.3) is 0 Å². The Bertz CT molecular complexity index is 327. The molecule has 0 radical (unpaired) electrons. The van der Waals surface area contributed by atoms with Crippen molar-refractivity contribution >= 4 is 5.82 Å². The highest BCUT2D eigenvalue weighted by molar-refractivity contribution is 5.37. The number of hydrogen-bond donors (Lipinski definition) is 2. The Morgan fingerprint density at radius 2 is 2.40 bits per heavy atom. The van der Waals surface area contributed by atoms with Crippen LogP contribution < -0.4 is 16.0 Å². The van der Waals surface area contributed by atoms with E-state index in [1.807, 2.05) is 0 Å². The number of nitrogen functional groups attached to an aromatic ring is 1. The zero-order valence-corrected chi connectivity index (χ0v) is 8.86. The Morgan fingerprint density at radius 1 is 1.60 bits per heavy atom. The second kappa shape index (κ2) is 5.98. The Balaban J connectivity index is 2.84. The molecule has 0 saturated heterocycles. The molecule has 3 N–H and O–H groups in total. The SMILES string of the molecule is C=CCOc1cc(NN)nc(CCC)n1. The van der Waals surface area contributed by atoms with E-state index in [2.05, 4.69) is 28.9 Å². The molecule has 0 unspecified atom stereocenters. The van der Waals surface area contributed by atoms with Crippen molar-refractivity contribution in [2.24, 2.45) is 5.84 Å². The highest BCUT2D eigenvalue weighted by Crippen LogP contribution is 2.13. The smallest absolute Gasteiger partial charge is 0.219 e. The summed E-state index contributed by atoms with van der Waals surface area (Å²) in [6.45, 7) is 6.06. The van der Waals surface area contributed by atoms with E-state index >= 15 is 0 Å². The minimum absolute atomic E-state index is 0.423. The van der Waals surface area contributed by atoms with Crippen LogP contribution in [0.15, 0.2) is 18.7 Å². The molecule has 0 aliphatic rings. The zero-order valence-electron chi connectivity index (χ0n) is 8.86. The number of rotatable bonds is 6. The molecule has 1 rings (SSSR count). The first kappa shape index (κ1) is 11.5. The lowest BCUT2D eigenvalue weighted by Crippen LogP contribution is -2.11. The van der Waals surface area contributed by atoms with E-state index in [9.17, 15) is 0 Å². The summed E-state index contributed by atoms with van der Waals surface area (Å²) in [4.78, 5) is 8.43. The third-order valence-corrected chi connectivity index (χ3v) is 1.72. The molecule has 0 spiro atoms. The van der Waals surface area contributed by atoms with Crippen molar-refractivity contribution in [2.75, 3.05) is 12.0 Å². The summed E-state index contributed by atoms with van der Waals surface area (Å²) >= 11 is 0. The van der Waals surface area contributed by atoms with E-state index in [4.69, 9.17) is 10.6 Å². The molecule has 0 amide bonds. The molecule has 0 fully saturated rings. The summed E-state index contributed by atoms with van der Waals surface area (Å²) in [7, 11) is 0. The van der Waals surface area contributed by atoms with Gasteiger partial charge < -0.3 is 10.2 Å². The summed E-state index contributed by atoms with van der Waals surface area (Å²) in [6.07, 6.45) is 3.45.